The Bertz CT molecular complexity index is 7050. The molecule has 0 aromatic heterocycles. The number of carbonyl (C=O) groups is 1. The maximum Gasteiger partial charge on any atom is 0.137 e. The van der Waals surface area contributed by atoms with Crippen LogP contribution in [0.1, 0.15) is 56.4 Å². The molecule has 1 nitrogen and oxygen atoms in total. The molecule has 0 radical (unpaired) electrons. The Morgan fingerprint density at radius 2 is 0.394 bits per heavy atom. The zero-order chi connectivity index (χ0) is 43.1. The van der Waals surface area contributed by atoms with Crippen LogP contribution < -0.4 is 0 Å². The van der Waals surface area contributed by atoms with E-state index in [2.05, 4.69) is 27.7 Å². The van der Waals surface area contributed by atoms with Crippen LogP contribution in [0.25, 0.3) is 291 Å². The minimum atomic E-state index is -0.503. The Balaban J connectivity index is 1.22. The Morgan fingerprint density at radius 3 is 0.549 bits per heavy atom. The first-order chi connectivity index (χ1) is 35.0. The molecule has 1 saturated carbocycles. The predicted octanol–water partition coefficient (Wildman–Crippen LogP) is 18.8. The van der Waals surface area contributed by atoms with E-state index in [4.69, 9.17) is 0 Å². The molecule has 1 heteroatoms. The maximum atomic E-state index is 16.5. The zero-order valence-electron chi connectivity index (χ0n) is 37.9. The van der Waals surface area contributed by atoms with Gasteiger partial charge in [0.15, 0.2) is 0 Å². The third kappa shape index (κ3) is 1.45. The molecule has 2 spiro atoms. The predicted molar refractivity (Wildman–Crippen MR) is 300 cm³/mol. The highest BCUT2D eigenvalue weighted by Crippen LogP contribution is 2.87. The molecule has 0 heterocycles. The van der Waals surface area contributed by atoms with Gasteiger partial charge in [-0.2, -0.15) is 0 Å². The monoisotopic (exact) mass is 874 g/mol. The molecule has 0 saturated heterocycles. The molecule has 5 aliphatic carbocycles. The number of benzene rings is 18. The largest absolute Gasteiger partial charge is 0.299 e. The second-order valence-electron chi connectivity index (χ2n) is 27.6. The quantitative estimate of drug-likeness (QED) is 0.158. The molecule has 33 rings (SSSR count). The SMILES string of the molecule is CC(C)[C@H]1C(=O)C[C@@H](C(C)C)C23c4c5c6c7c8c9c(c%10c%11c2c2c4c4c%12c5c5c6c6c8c8c%13c9c9c%10c%10c%11c%11c2c2c4c4c%12c%12c5c5c6c8c6c8c%13c9c9c%10c%10c%11c2c2c4c4c%12c5c6c5c8c9c%10c2c45)C713. The highest BCUT2D eigenvalue weighted by Gasteiger charge is 2.77. The third-order valence-corrected chi connectivity index (χ3v) is 26.7. The zero-order valence-corrected chi connectivity index (χ0v) is 37.9. The fraction of sp³-hybridized carbons (Fsp3) is 0.157. The number of hydrogen-bond donors (Lipinski definition) is 0. The Kier molecular flexibility index (Phi) is 2.39. The lowest BCUT2D eigenvalue weighted by molar-refractivity contribution is -0.135. The van der Waals surface area contributed by atoms with Crippen LogP contribution in [-0.4, -0.2) is 5.78 Å². The number of carbonyl (C=O) groups excluding carboxylic acids is 1. The van der Waals surface area contributed by atoms with Gasteiger partial charge in [-0.05, 0) is 331 Å². The van der Waals surface area contributed by atoms with Crippen molar-refractivity contribution in [1.82, 2.24) is 0 Å². The van der Waals surface area contributed by atoms with Crippen molar-refractivity contribution < 1.29 is 4.79 Å². The Morgan fingerprint density at radius 1 is 0.239 bits per heavy atom. The van der Waals surface area contributed by atoms with Crippen LogP contribution in [0.15, 0.2) is 0 Å². The van der Waals surface area contributed by atoms with Crippen molar-refractivity contribution in [3.8, 4) is 0 Å². The minimum absolute atomic E-state index is 0.117. The topological polar surface area (TPSA) is 17.1 Å². The summed E-state index contributed by atoms with van der Waals surface area (Å²) in [6.07, 6.45) is 0.680. The van der Waals surface area contributed by atoms with Crippen molar-refractivity contribution in [3.05, 3.63) is 22.3 Å². The lowest BCUT2D eigenvalue weighted by Gasteiger charge is -2.64. The molecule has 0 bridgehead atoms. The van der Waals surface area contributed by atoms with Gasteiger partial charge in [0, 0.05) is 23.2 Å². The molecule has 0 amide bonds. The number of hydrogen-bond acceptors (Lipinski definition) is 1. The molecular weight excluding hydrogens is 857 g/mol. The lowest BCUT2D eigenvalue weighted by Crippen LogP contribution is -2.66. The minimum Gasteiger partial charge on any atom is -0.299 e. The summed E-state index contributed by atoms with van der Waals surface area (Å²) >= 11 is 0. The van der Waals surface area contributed by atoms with E-state index in [1.54, 1.807) is 313 Å². The van der Waals surface area contributed by atoms with Crippen molar-refractivity contribution >= 4 is 297 Å². The van der Waals surface area contributed by atoms with Gasteiger partial charge in [0.2, 0.25) is 0 Å². The van der Waals surface area contributed by atoms with Gasteiger partial charge in [-0.3, -0.25) is 4.79 Å². The number of rotatable bonds is 2. The summed E-state index contributed by atoms with van der Waals surface area (Å²) in [5.41, 5.74) is 5.90. The van der Waals surface area contributed by atoms with Gasteiger partial charge >= 0.3 is 0 Å². The fourth-order valence-electron chi connectivity index (χ4n) is 26.9. The van der Waals surface area contributed by atoms with E-state index in [0.29, 0.717) is 18.1 Å². The van der Waals surface area contributed by atoms with Gasteiger partial charge in [-0.15, -0.1) is 0 Å². The summed E-state index contributed by atoms with van der Waals surface area (Å²) in [5, 5.41) is 88.4. The smallest absolute Gasteiger partial charge is 0.137 e. The number of Topliss-reactive ketones (excluding diaryl/α,β-unsaturated/α-hetero) is 1. The second kappa shape index (κ2) is 6.16. The van der Waals surface area contributed by atoms with Crippen molar-refractivity contribution in [2.75, 3.05) is 0 Å². The summed E-state index contributed by atoms with van der Waals surface area (Å²) in [5.74, 6) is 1.14. The van der Waals surface area contributed by atoms with Crippen LogP contribution in [0, 0.1) is 23.7 Å². The Labute approximate surface area is 390 Å². The molecule has 1 fully saturated rings. The fourth-order valence-corrected chi connectivity index (χ4v) is 26.9. The molecule has 2 atom stereocenters. The van der Waals surface area contributed by atoms with Gasteiger partial charge in [0.05, 0.1) is 0 Å². The molecule has 28 aromatic carbocycles. The van der Waals surface area contributed by atoms with Crippen molar-refractivity contribution in [2.24, 2.45) is 23.7 Å². The third-order valence-electron chi connectivity index (χ3n) is 26.7. The molecular formula is C70H18O. The van der Waals surface area contributed by atoms with E-state index in [1.807, 2.05) is 0 Å². The summed E-state index contributed by atoms with van der Waals surface area (Å²) in [6, 6.07) is 0. The Hall–Kier alpha value is -7.87. The molecule has 28 aromatic rings. The van der Waals surface area contributed by atoms with Crippen LogP contribution in [0.2, 0.25) is 0 Å². The first-order valence-corrected chi connectivity index (χ1v) is 27.3. The van der Waals surface area contributed by atoms with Crippen molar-refractivity contribution in [1.29, 1.82) is 0 Å². The van der Waals surface area contributed by atoms with Gasteiger partial charge in [-0.25, -0.2) is 0 Å². The van der Waals surface area contributed by atoms with Crippen LogP contribution >= 0.6 is 0 Å². The normalized spacial score (nSPS) is 25.0. The van der Waals surface area contributed by atoms with E-state index in [1.165, 1.54) is 0 Å². The second-order valence-corrected chi connectivity index (χ2v) is 27.6. The van der Waals surface area contributed by atoms with Crippen molar-refractivity contribution in [2.45, 2.75) is 44.9 Å². The summed E-state index contributed by atoms with van der Waals surface area (Å²) in [6.45, 7) is 10.1. The summed E-state index contributed by atoms with van der Waals surface area (Å²) in [4.78, 5) is 16.5. The molecule has 304 valence electrons. The van der Waals surface area contributed by atoms with Crippen LogP contribution in [0.5, 0.6) is 0 Å². The first kappa shape index (κ1) is 27.5. The average molecular weight is 875 g/mol. The van der Waals surface area contributed by atoms with Crippen molar-refractivity contribution in [3.63, 3.8) is 0 Å². The molecule has 71 heavy (non-hydrogen) atoms. The lowest BCUT2D eigenvalue weighted by atomic mass is 9.36. The maximum absolute atomic E-state index is 16.5. The summed E-state index contributed by atoms with van der Waals surface area (Å²) in [7, 11) is 0. The summed E-state index contributed by atoms with van der Waals surface area (Å²) < 4.78 is 0. The van der Waals surface area contributed by atoms with Gasteiger partial charge in [-0.1, -0.05) is 27.7 Å². The highest BCUT2D eigenvalue weighted by molar-refractivity contribution is 6.82. The van der Waals surface area contributed by atoms with Crippen LogP contribution in [0.4, 0.5) is 0 Å². The van der Waals surface area contributed by atoms with Gasteiger partial charge < -0.3 is 0 Å². The van der Waals surface area contributed by atoms with E-state index < -0.39 is 5.41 Å². The highest BCUT2D eigenvalue weighted by atomic mass is 16.1. The van der Waals surface area contributed by atoms with Gasteiger partial charge in [0.1, 0.15) is 5.78 Å². The number of ketones is 1. The standard InChI is InChI=1S/C70H18O/c1-6(2)8-5-9(71)64(7(3)4)70-67-60-54-44-36-26-18-14-11-10-12-16(18)24-32(26)46(54)52-42-34(24)28-20(12)21-13(10)17-19-15(11)23-22(14)30(36)40-41-31(23)37-27(19)33-25(17)35-29(21)39-38(28)48(42)56-57-49(39)43(35)53-47(33)55-45(37)51(41)63(62(67)50(40)44)68(70)61(55)59(53)66(57)69(8,70)65(56)58(52)60/h6-8,64H,5H2,1-4H3/t8-,64-,69?,70?/m0/s1. The van der Waals surface area contributed by atoms with E-state index in [0.717, 1.165) is 0 Å². The average Bonchev–Trinajstić information content (AvgIpc) is 4.33. The van der Waals surface area contributed by atoms with E-state index in [9.17, 15) is 0 Å². The molecule has 5 aliphatic rings. The molecule has 0 N–H and O–H groups in total. The van der Waals surface area contributed by atoms with Crippen LogP contribution in [-0.2, 0) is 15.6 Å². The van der Waals surface area contributed by atoms with Gasteiger partial charge in [0.25, 0.3) is 0 Å². The van der Waals surface area contributed by atoms with E-state index in [-0.39, 0.29) is 23.2 Å². The van der Waals surface area contributed by atoms with E-state index >= 15 is 4.79 Å². The van der Waals surface area contributed by atoms with Crippen LogP contribution in [0.3, 0.4) is 0 Å². The molecule has 0 unspecified atom stereocenters. The molecule has 0 aliphatic heterocycles. The first-order valence-electron chi connectivity index (χ1n) is 27.3.